The van der Waals surface area contributed by atoms with Crippen LogP contribution in [0.4, 0.5) is 13.2 Å². The van der Waals surface area contributed by atoms with E-state index in [0.717, 1.165) is 12.8 Å². The first-order valence-electron chi connectivity index (χ1n) is 4.10. The second-order valence-corrected chi connectivity index (χ2v) is 3.56. The maximum absolute atomic E-state index is 11.8. The van der Waals surface area contributed by atoms with Crippen LogP contribution in [0.5, 0.6) is 0 Å². The molecule has 0 aromatic rings. The fourth-order valence-corrected chi connectivity index (χ4v) is 1.22. The summed E-state index contributed by atoms with van der Waals surface area (Å²) in [5, 5.41) is 11.0. The molecule has 0 aliphatic heterocycles. The molecule has 1 atom stereocenters. The Hall–Kier alpha value is -0.760. The second-order valence-electron chi connectivity index (χ2n) is 3.56. The van der Waals surface area contributed by atoms with Crippen LogP contribution in [0.2, 0.25) is 0 Å². The number of nitrogens with one attached hydrogen (secondary N) is 1. The summed E-state index contributed by atoms with van der Waals surface area (Å²) in [6, 6.07) is 1.90. The molecule has 1 fully saturated rings. The molecule has 0 radical (unpaired) electrons. The molecule has 2 nitrogen and oxygen atoms in total. The summed E-state index contributed by atoms with van der Waals surface area (Å²) in [5.41, 5.74) is -1.00. The molecule has 1 N–H and O–H groups in total. The van der Waals surface area contributed by atoms with Crippen LogP contribution in [0.3, 0.4) is 0 Å². The summed E-state index contributed by atoms with van der Waals surface area (Å²) in [4.78, 5) is 0. The topological polar surface area (TPSA) is 35.8 Å². The lowest BCUT2D eigenvalue weighted by Crippen LogP contribution is -2.47. The molecule has 1 rings (SSSR count). The van der Waals surface area contributed by atoms with Crippen molar-refractivity contribution >= 4 is 0 Å². The highest BCUT2D eigenvalue weighted by Gasteiger charge is 2.43. The highest BCUT2D eigenvalue weighted by Crippen LogP contribution is 2.39. The molecule has 0 spiro atoms. The maximum atomic E-state index is 11.8. The Balaban J connectivity index is 2.46. The number of nitriles is 1. The molecule has 5 heteroatoms. The minimum Gasteiger partial charge on any atom is -0.291 e. The van der Waals surface area contributed by atoms with Gasteiger partial charge in [0.1, 0.15) is 5.54 Å². The smallest absolute Gasteiger partial charge is 0.291 e. The molecule has 13 heavy (non-hydrogen) atoms. The largest absolute Gasteiger partial charge is 0.401 e. The van der Waals surface area contributed by atoms with Crippen molar-refractivity contribution < 1.29 is 13.2 Å². The molecule has 74 valence electrons. The number of alkyl halides is 3. The van der Waals surface area contributed by atoms with Crippen LogP contribution in [0.1, 0.15) is 19.8 Å². The monoisotopic (exact) mass is 192 g/mol. The number of hydrogen-bond donors (Lipinski definition) is 1. The van der Waals surface area contributed by atoms with Crippen molar-refractivity contribution in [3.63, 3.8) is 0 Å². The van der Waals surface area contributed by atoms with E-state index in [0.29, 0.717) is 0 Å². The van der Waals surface area contributed by atoms with Crippen molar-refractivity contribution in [3.8, 4) is 6.07 Å². The van der Waals surface area contributed by atoms with Crippen LogP contribution in [0.15, 0.2) is 0 Å². The Morgan fingerprint density at radius 2 is 2.00 bits per heavy atom. The predicted molar refractivity (Wildman–Crippen MR) is 40.8 cm³/mol. The van der Waals surface area contributed by atoms with Gasteiger partial charge in [-0.2, -0.15) is 18.4 Å². The van der Waals surface area contributed by atoms with Gasteiger partial charge in [0.15, 0.2) is 0 Å². The van der Waals surface area contributed by atoms with Crippen LogP contribution in [-0.4, -0.2) is 18.3 Å². The third-order valence-corrected chi connectivity index (χ3v) is 2.28. The average molecular weight is 192 g/mol. The van der Waals surface area contributed by atoms with Crippen LogP contribution < -0.4 is 5.32 Å². The minimum absolute atomic E-state index is 0.0832. The summed E-state index contributed by atoms with van der Waals surface area (Å²) in [7, 11) is 0. The van der Waals surface area contributed by atoms with Gasteiger partial charge in [0.2, 0.25) is 0 Å². The molecule has 0 bridgehead atoms. The standard InChI is InChI=1S/C8H11F3N2/c1-7(4-12,6-2-3-6)13-5-8(9,10)11/h6,13H,2-3,5H2,1H3. The van der Waals surface area contributed by atoms with Crippen molar-refractivity contribution in [2.75, 3.05) is 6.54 Å². The zero-order valence-corrected chi connectivity index (χ0v) is 7.28. The highest BCUT2D eigenvalue weighted by molar-refractivity contribution is 5.12. The average Bonchev–Trinajstić information content (AvgIpc) is 2.81. The molecule has 1 aliphatic rings. The van der Waals surface area contributed by atoms with E-state index in [2.05, 4.69) is 5.32 Å². The fourth-order valence-electron chi connectivity index (χ4n) is 1.22. The van der Waals surface area contributed by atoms with E-state index in [4.69, 9.17) is 5.26 Å². The van der Waals surface area contributed by atoms with Crippen molar-refractivity contribution in [2.24, 2.45) is 5.92 Å². The molecule has 0 amide bonds. The first-order chi connectivity index (χ1) is 5.87. The first kappa shape index (κ1) is 10.3. The lowest BCUT2D eigenvalue weighted by Gasteiger charge is -2.23. The van der Waals surface area contributed by atoms with Gasteiger partial charge in [-0.05, 0) is 25.7 Å². The molecule has 1 unspecified atom stereocenters. The number of rotatable bonds is 3. The van der Waals surface area contributed by atoms with E-state index in [1.165, 1.54) is 6.92 Å². The first-order valence-corrected chi connectivity index (χ1v) is 4.10. The summed E-state index contributed by atoms with van der Waals surface area (Å²) in [6.45, 7) is 0.434. The molecule has 0 saturated heterocycles. The van der Waals surface area contributed by atoms with Gasteiger partial charge in [-0.25, -0.2) is 0 Å². The normalized spacial score (nSPS) is 22.1. The molecule has 0 aromatic heterocycles. The summed E-state index contributed by atoms with van der Waals surface area (Å²) in [6.07, 6.45) is -2.56. The minimum atomic E-state index is -4.24. The van der Waals surface area contributed by atoms with Gasteiger partial charge in [0.05, 0.1) is 12.6 Å². The van der Waals surface area contributed by atoms with Gasteiger partial charge >= 0.3 is 6.18 Å². The zero-order chi connectivity index (χ0) is 10.1. The third kappa shape index (κ3) is 2.88. The van der Waals surface area contributed by atoms with Crippen molar-refractivity contribution in [1.82, 2.24) is 5.32 Å². The van der Waals surface area contributed by atoms with Gasteiger partial charge < -0.3 is 0 Å². The van der Waals surface area contributed by atoms with Crippen LogP contribution in [-0.2, 0) is 0 Å². The molecule has 0 aromatic carbocycles. The van der Waals surface area contributed by atoms with E-state index in [1.807, 2.05) is 6.07 Å². The molecule has 0 heterocycles. The third-order valence-electron chi connectivity index (χ3n) is 2.28. The van der Waals surface area contributed by atoms with Gasteiger partial charge in [0.25, 0.3) is 0 Å². The zero-order valence-electron chi connectivity index (χ0n) is 7.28. The maximum Gasteiger partial charge on any atom is 0.401 e. The van der Waals surface area contributed by atoms with Gasteiger partial charge in [-0.3, -0.25) is 5.32 Å². The quantitative estimate of drug-likeness (QED) is 0.740. The summed E-state index contributed by atoms with van der Waals surface area (Å²) < 4.78 is 35.5. The summed E-state index contributed by atoms with van der Waals surface area (Å²) >= 11 is 0. The van der Waals surface area contributed by atoms with Crippen molar-refractivity contribution in [1.29, 1.82) is 5.26 Å². The second kappa shape index (κ2) is 3.18. The number of nitrogens with zero attached hydrogens (tertiary/aromatic N) is 1. The van der Waals surface area contributed by atoms with Crippen molar-refractivity contribution in [3.05, 3.63) is 0 Å². The van der Waals surface area contributed by atoms with Gasteiger partial charge in [0, 0.05) is 0 Å². The molecule has 1 saturated carbocycles. The van der Waals surface area contributed by atoms with E-state index in [-0.39, 0.29) is 5.92 Å². The van der Waals surface area contributed by atoms with Crippen LogP contribution >= 0.6 is 0 Å². The molecular formula is C8H11F3N2. The molecular weight excluding hydrogens is 181 g/mol. The highest BCUT2D eigenvalue weighted by atomic mass is 19.4. The Bertz CT molecular complexity index is 227. The lowest BCUT2D eigenvalue weighted by atomic mass is 9.98. The van der Waals surface area contributed by atoms with Crippen molar-refractivity contribution in [2.45, 2.75) is 31.5 Å². The Labute approximate surface area is 74.7 Å². The van der Waals surface area contributed by atoms with Gasteiger partial charge in [-0.15, -0.1) is 0 Å². The fraction of sp³-hybridized carbons (Fsp3) is 0.875. The van der Waals surface area contributed by atoms with Gasteiger partial charge in [-0.1, -0.05) is 0 Å². The Morgan fingerprint density at radius 3 is 2.31 bits per heavy atom. The van der Waals surface area contributed by atoms with Crippen LogP contribution in [0.25, 0.3) is 0 Å². The predicted octanol–water partition coefficient (Wildman–Crippen LogP) is 1.83. The van der Waals surface area contributed by atoms with E-state index in [9.17, 15) is 13.2 Å². The number of halogens is 3. The van der Waals surface area contributed by atoms with E-state index in [1.54, 1.807) is 0 Å². The lowest BCUT2D eigenvalue weighted by molar-refractivity contribution is -0.127. The molecule has 1 aliphatic carbocycles. The SMILES string of the molecule is CC(C#N)(NCC(F)(F)F)C1CC1. The number of hydrogen-bond acceptors (Lipinski definition) is 2. The van der Waals surface area contributed by atoms with E-state index >= 15 is 0 Å². The Morgan fingerprint density at radius 1 is 1.46 bits per heavy atom. The Kier molecular flexibility index (Phi) is 2.53. The van der Waals surface area contributed by atoms with E-state index < -0.39 is 18.3 Å². The summed E-state index contributed by atoms with van der Waals surface area (Å²) in [5.74, 6) is 0.0832. The van der Waals surface area contributed by atoms with Crippen LogP contribution in [0, 0.1) is 17.2 Å².